The van der Waals surface area contributed by atoms with Crippen LogP contribution < -0.4 is 10.1 Å². The summed E-state index contributed by atoms with van der Waals surface area (Å²) >= 11 is 1.30. The SMILES string of the molecule is CO/N=C(/c1ccccc1)c1ccc2nc(NC(=O)c3nccc(OC)c3O)sc2c1. The van der Waals surface area contributed by atoms with E-state index in [0.29, 0.717) is 10.8 Å². The van der Waals surface area contributed by atoms with Crippen LogP contribution in [0.3, 0.4) is 0 Å². The average Bonchev–Trinajstić information content (AvgIpc) is 3.19. The van der Waals surface area contributed by atoms with E-state index in [2.05, 4.69) is 20.4 Å². The molecular weight excluding hydrogens is 416 g/mol. The molecule has 1 amide bonds. The number of oxime groups is 1. The predicted octanol–water partition coefficient (Wildman–Crippen LogP) is 4.06. The number of carbonyl (C=O) groups is 1. The van der Waals surface area contributed by atoms with E-state index in [1.54, 1.807) is 0 Å². The Bertz CT molecular complexity index is 1270. The van der Waals surface area contributed by atoms with Crippen molar-refractivity contribution >= 4 is 38.3 Å². The number of aromatic hydroxyl groups is 1. The van der Waals surface area contributed by atoms with Crippen molar-refractivity contribution in [2.24, 2.45) is 5.16 Å². The first kappa shape index (κ1) is 20.3. The zero-order valence-corrected chi connectivity index (χ0v) is 17.5. The number of pyridine rings is 1. The molecular formula is C22H18N4O4S. The molecule has 0 unspecified atom stereocenters. The van der Waals surface area contributed by atoms with Crippen molar-refractivity contribution in [2.45, 2.75) is 0 Å². The molecule has 0 bridgehead atoms. The van der Waals surface area contributed by atoms with Gasteiger partial charge in [0.1, 0.15) is 12.8 Å². The molecule has 2 aromatic carbocycles. The van der Waals surface area contributed by atoms with E-state index in [9.17, 15) is 9.90 Å². The second-order valence-electron chi connectivity index (χ2n) is 6.35. The van der Waals surface area contributed by atoms with Gasteiger partial charge in [-0.3, -0.25) is 10.1 Å². The van der Waals surface area contributed by atoms with Gasteiger partial charge in [0.05, 0.1) is 17.3 Å². The molecule has 4 rings (SSSR count). The van der Waals surface area contributed by atoms with Gasteiger partial charge in [-0.2, -0.15) is 0 Å². The second kappa shape index (κ2) is 8.80. The summed E-state index contributed by atoms with van der Waals surface area (Å²) in [4.78, 5) is 26.0. The number of carbonyl (C=O) groups excluding carboxylic acids is 1. The number of hydrogen-bond donors (Lipinski definition) is 2. The number of nitrogens with zero attached hydrogens (tertiary/aromatic N) is 3. The van der Waals surface area contributed by atoms with Crippen LogP contribution in [0.15, 0.2) is 65.9 Å². The van der Waals surface area contributed by atoms with Crippen LogP contribution in [0.2, 0.25) is 0 Å². The second-order valence-corrected chi connectivity index (χ2v) is 7.39. The molecule has 0 spiro atoms. The summed E-state index contributed by atoms with van der Waals surface area (Å²) in [5, 5.41) is 17.4. The minimum absolute atomic E-state index is 0.141. The van der Waals surface area contributed by atoms with Crippen molar-refractivity contribution in [2.75, 3.05) is 19.5 Å². The van der Waals surface area contributed by atoms with Crippen LogP contribution in [0.4, 0.5) is 5.13 Å². The summed E-state index contributed by atoms with van der Waals surface area (Å²) in [5.41, 5.74) is 3.04. The Hall–Kier alpha value is -3.98. The van der Waals surface area contributed by atoms with Gasteiger partial charge in [0.2, 0.25) is 0 Å². The smallest absolute Gasteiger partial charge is 0.280 e. The number of methoxy groups -OCH3 is 1. The molecule has 0 saturated carbocycles. The zero-order valence-electron chi connectivity index (χ0n) is 16.7. The van der Waals surface area contributed by atoms with Crippen molar-refractivity contribution in [3.63, 3.8) is 0 Å². The first-order valence-corrected chi connectivity index (χ1v) is 10.0. The Kier molecular flexibility index (Phi) is 5.76. The Balaban J connectivity index is 1.64. The van der Waals surface area contributed by atoms with Gasteiger partial charge >= 0.3 is 0 Å². The third-order valence-electron chi connectivity index (χ3n) is 4.43. The number of fused-ring (bicyclic) bond motifs is 1. The first-order chi connectivity index (χ1) is 15.1. The number of thiazole rings is 1. The molecule has 9 heteroatoms. The molecule has 4 aromatic rings. The van der Waals surface area contributed by atoms with Crippen molar-refractivity contribution in [3.05, 3.63) is 77.6 Å². The van der Waals surface area contributed by atoms with Crippen LogP contribution in [-0.2, 0) is 4.84 Å². The maximum atomic E-state index is 12.6. The topological polar surface area (TPSA) is 106 Å². The van der Waals surface area contributed by atoms with Crippen molar-refractivity contribution in [1.29, 1.82) is 0 Å². The molecule has 2 aromatic heterocycles. The minimum atomic E-state index is -0.582. The van der Waals surface area contributed by atoms with Gasteiger partial charge in [0.25, 0.3) is 5.91 Å². The highest BCUT2D eigenvalue weighted by Gasteiger charge is 2.18. The van der Waals surface area contributed by atoms with Crippen LogP contribution in [0.25, 0.3) is 10.2 Å². The van der Waals surface area contributed by atoms with E-state index in [0.717, 1.165) is 21.3 Å². The number of aromatic nitrogens is 2. The number of anilines is 1. The van der Waals surface area contributed by atoms with Crippen molar-refractivity contribution < 1.29 is 19.5 Å². The molecule has 0 aliphatic rings. The van der Waals surface area contributed by atoms with E-state index in [4.69, 9.17) is 9.57 Å². The lowest BCUT2D eigenvalue weighted by Crippen LogP contribution is -2.13. The van der Waals surface area contributed by atoms with E-state index in [-0.39, 0.29) is 17.2 Å². The van der Waals surface area contributed by atoms with Gasteiger partial charge in [-0.05, 0) is 12.1 Å². The van der Waals surface area contributed by atoms with Crippen LogP contribution in [-0.4, -0.2) is 40.9 Å². The quantitative estimate of drug-likeness (QED) is 0.350. The number of benzene rings is 2. The Morgan fingerprint density at radius 2 is 1.90 bits per heavy atom. The molecule has 0 saturated heterocycles. The molecule has 0 atom stereocenters. The van der Waals surface area contributed by atoms with Crippen LogP contribution in [0.5, 0.6) is 11.5 Å². The average molecular weight is 434 g/mol. The fourth-order valence-corrected chi connectivity index (χ4v) is 3.91. The molecule has 0 aliphatic heterocycles. The number of nitrogens with one attached hydrogen (secondary N) is 1. The van der Waals surface area contributed by atoms with E-state index < -0.39 is 5.91 Å². The lowest BCUT2D eigenvalue weighted by Gasteiger charge is -2.06. The molecule has 0 aliphatic carbocycles. The maximum absolute atomic E-state index is 12.6. The van der Waals surface area contributed by atoms with Crippen LogP contribution in [0, 0.1) is 0 Å². The Morgan fingerprint density at radius 1 is 1.10 bits per heavy atom. The third-order valence-corrected chi connectivity index (χ3v) is 5.37. The van der Waals surface area contributed by atoms with Gasteiger partial charge in [-0.25, -0.2) is 9.97 Å². The Labute approximate surface area is 181 Å². The summed E-state index contributed by atoms with van der Waals surface area (Å²) in [5.74, 6) is -0.740. The number of amides is 1. The lowest BCUT2D eigenvalue weighted by molar-refractivity contribution is 0.101. The molecule has 0 radical (unpaired) electrons. The zero-order chi connectivity index (χ0) is 21.8. The normalized spacial score (nSPS) is 11.4. The summed E-state index contributed by atoms with van der Waals surface area (Å²) in [6.45, 7) is 0. The van der Waals surface area contributed by atoms with Crippen LogP contribution >= 0.6 is 11.3 Å². The molecule has 156 valence electrons. The fourth-order valence-electron chi connectivity index (χ4n) is 3.01. The highest BCUT2D eigenvalue weighted by atomic mass is 32.1. The van der Waals surface area contributed by atoms with E-state index >= 15 is 0 Å². The summed E-state index contributed by atoms with van der Waals surface area (Å²) < 4.78 is 5.88. The van der Waals surface area contributed by atoms with Gasteiger partial charge in [-0.15, -0.1) is 0 Å². The van der Waals surface area contributed by atoms with Crippen molar-refractivity contribution in [1.82, 2.24) is 9.97 Å². The fraction of sp³-hybridized carbons (Fsp3) is 0.0909. The van der Waals surface area contributed by atoms with E-state index in [1.807, 2.05) is 48.5 Å². The van der Waals surface area contributed by atoms with Gasteiger partial charge in [0.15, 0.2) is 22.3 Å². The van der Waals surface area contributed by atoms with E-state index in [1.165, 1.54) is 37.8 Å². The largest absolute Gasteiger partial charge is 0.503 e. The highest BCUT2D eigenvalue weighted by molar-refractivity contribution is 7.22. The van der Waals surface area contributed by atoms with Crippen LogP contribution in [0.1, 0.15) is 21.6 Å². The summed E-state index contributed by atoms with van der Waals surface area (Å²) in [6.07, 6.45) is 1.39. The maximum Gasteiger partial charge on any atom is 0.280 e. The Morgan fingerprint density at radius 3 is 2.65 bits per heavy atom. The first-order valence-electron chi connectivity index (χ1n) is 9.21. The highest BCUT2D eigenvalue weighted by Crippen LogP contribution is 2.31. The molecule has 2 heterocycles. The van der Waals surface area contributed by atoms with Gasteiger partial charge < -0.3 is 14.7 Å². The lowest BCUT2D eigenvalue weighted by atomic mass is 10.0. The third kappa shape index (κ3) is 4.17. The number of hydrogen-bond acceptors (Lipinski definition) is 8. The molecule has 2 N–H and O–H groups in total. The summed E-state index contributed by atoms with van der Waals surface area (Å²) in [6, 6.07) is 16.9. The van der Waals surface area contributed by atoms with Crippen molar-refractivity contribution in [3.8, 4) is 11.5 Å². The number of rotatable bonds is 6. The van der Waals surface area contributed by atoms with Gasteiger partial charge in [0, 0.05) is 23.4 Å². The predicted molar refractivity (Wildman–Crippen MR) is 119 cm³/mol. The monoisotopic (exact) mass is 434 g/mol. The standard InChI is InChI=1S/C22H18N4O4S/c1-29-16-10-11-23-19(20(16)27)21(28)25-22-24-15-9-8-14(12-17(15)31-22)18(26-30-2)13-6-4-3-5-7-13/h3-12,27H,1-2H3,(H,24,25,28)/b26-18-. The molecule has 0 fully saturated rings. The summed E-state index contributed by atoms with van der Waals surface area (Å²) in [7, 11) is 2.91. The van der Waals surface area contributed by atoms with Gasteiger partial charge in [-0.1, -0.05) is 52.9 Å². The minimum Gasteiger partial charge on any atom is -0.503 e. The number of ether oxygens (including phenoxy) is 1. The molecule has 31 heavy (non-hydrogen) atoms. The molecule has 8 nitrogen and oxygen atoms in total.